The molecule has 0 bridgehead atoms. The Balaban J connectivity index is 0.000000187. The molecule has 0 aliphatic carbocycles. The van der Waals surface area contributed by atoms with Crippen LogP contribution in [0.3, 0.4) is 0 Å². The van der Waals surface area contributed by atoms with Crippen LogP contribution >= 0.6 is 15.9 Å². The second-order valence-corrected chi connectivity index (χ2v) is 7.80. The van der Waals surface area contributed by atoms with Crippen LogP contribution in [-0.2, 0) is 0 Å². The van der Waals surface area contributed by atoms with E-state index in [-0.39, 0.29) is 11.8 Å². The fourth-order valence-corrected chi connectivity index (χ4v) is 3.40. The molecule has 0 radical (unpaired) electrons. The zero-order valence-corrected chi connectivity index (χ0v) is 18.1. The maximum Gasteiger partial charge on any atom is 0.333 e. The van der Waals surface area contributed by atoms with Crippen LogP contribution in [0.5, 0.6) is 0 Å². The molecule has 0 saturated carbocycles. The number of fused-ring (bicyclic) bond motifs is 1. The summed E-state index contributed by atoms with van der Waals surface area (Å²) < 4.78 is 0.959. The molecule has 7 heteroatoms. The number of Topliss-reactive ketones (excluding diaryl/α,β-unsaturated/α-hetero) is 1. The van der Waals surface area contributed by atoms with E-state index in [0.29, 0.717) is 12.1 Å². The summed E-state index contributed by atoms with van der Waals surface area (Å²) in [6, 6.07) is 23.0. The summed E-state index contributed by atoms with van der Waals surface area (Å²) in [6.45, 7) is 2.01. The lowest BCUT2D eigenvalue weighted by Gasteiger charge is -2.26. The number of carbonyl (C=O) groups is 2. The van der Waals surface area contributed by atoms with Crippen LogP contribution in [0.4, 0.5) is 16.2 Å². The SMILES string of the molecule is Cc1ccc2c(c1)C(=O)CC(c1ccccc1)N2.NNC(=O)Nc1ccc(Br)cc1. The molecule has 1 heterocycles. The molecule has 1 unspecified atom stereocenters. The Kier molecular flexibility index (Phi) is 7.21. The maximum absolute atomic E-state index is 12.2. The normalized spacial score (nSPS) is 14.5. The lowest BCUT2D eigenvalue weighted by atomic mass is 9.91. The summed E-state index contributed by atoms with van der Waals surface area (Å²) >= 11 is 3.28. The monoisotopic (exact) mass is 466 g/mol. The number of ketones is 1. The van der Waals surface area contributed by atoms with Gasteiger partial charge in [0, 0.05) is 27.8 Å². The van der Waals surface area contributed by atoms with Crippen molar-refractivity contribution in [3.8, 4) is 0 Å². The number of urea groups is 1. The van der Waals surface area contributed by atoms with Crippen molar-refractivity contribution in [3.05, 3.63) is 94.0 Å². The maximum atomic E-state index is 12.2. The Morgan fingerprint density at radius 3 is 2.43 bits per heavy atom. The standard InChI is InChI=1S/C16H15NO.C7H8BrN3O/c1-11-7-8-14-13(9-11)16(18)10-15(17-14)12-5-3-2-4-6-12;8-5-1-3-6(4-2-5)10-7(12)11-9/h2-9,15,17H,10H2,1H3;1-4H,9H2,(H2,10,11,12). The van der Waals surface area contributed by atoms with Crippen LogP contribution in [0.2, 0.25) is 0 Å². The first-order valence-corrected chi connectivity index (χ1v) is 10.2. The molecule has 30 heavy (non-hydrogen) atoms. The molecule has 3 aromatic rings. The number of aryl methyl sites for hydroxylation is 1. The highest BCUT2D eigenvalue weighted by Crippen LogP contribution is 2.32. The zero-order chi connectivity index (χ0) is 21.5. The zero-order valence-electron chi connectivity index (χ0n) is 16.5. The average molecular weight is 467 g/mol. The second kappa shape index (κ2) is 10.0. The van der Waals surface area contributed by atoms with E-state index in [1.54, 1.807) is 12.1 Å². The molecular weight excluding hydrogens is 444 g/mol. The van der Waals surface area contributed by atoms with Crippen molar-refractivity contribution < 1.29 is 9.59 Å². The van der Waals surface area contributed by atoms with Gasteiger partial charge in [-0.3, -0.25) is 10.2 Å². The van der Waals surface area contributed by atoms with Gasteiger partial charge in [0.25, 0.3) is 0 Å². The predicted octanol–water partition coefficient (Wildman–Crippen LogP) is 5.18. The molecule has 1 atom stereocenters. The Hall–Kier alpha value is -3.16. The fraction of sp³-hybridized carbons (Fsp3) is 0.130. The third-order valence-electron chi connectivity index (χ3n) is 4.63. The van der Waals surface area contributed by atoms with E-state index in [2.05, 4.69) is 38.7 Å². The Bertz CT molecular complexity index is 1020. The Labute approximate surface area is 184 Å². The van der Waals surface area contributed by atoms with Gasteiger partial charge in [-0.2, -0.15) is 0 Å². The largest absolute Gasteiger partial charge is 0.377 e. The van der Waals surface area contributed by atoms with Gasteiger partial charge in [-0.25, -0.2) is 10.6 Å². The minimum Gasteiger partial charge on any atom is -0.377 e. The number of carbonyl (C=O) groups excluding carboxylic acids is 2. The van der Waals surface area contributed by atoms with Gasteiger partial charge >= 0.3 is 6.03 Å². The van der Waals surface area contributed by atoms with Crippen molar-refractivity contribution in [1.82, 2.24) is 5.43 Å². The highest BCUT2D eigenvalue weighted by molar-refractivity contribution is 9.10. The second-order valence-electron chi connectivity index (χ2n) is 6.89. The number of hydrazine groups is 1. The molecule has 1 aliphatic heterocycles. The van der Waals surface area contributed by atoms with E-state index >= 15 is 0 Å². The highest BCUT2D eigenvalue weighted by Gasteiger charge is 2.25. The predicted molar refractivity (Wildman–Crippen MR) is 123 cm³/mol. The average Bonchev–Trinajstić information content (AvgIpc) is 2.76. The van der Waals surface area contributed by atoms with Gasteiger partial charge in [0.1, 0.15) is 0 Å². The Morgan fingerprint density at radius 2 is 1.77 bits per heavy atom. The number of benzene rings is 3. The molecule has 5 N–H and O–H groups in total. The summed E-state index contributed by atoms with van der Waals surface area (Å²) in [5.74, 6) is 5.10. The molecule has 2 amide bonds. The van der Waals surface area contributed by atoms with Gasteiger partial charge in [0.2, 0.25) is 0 Å². The van der Waals surface area contributed by atoms with Crippen LogP contribution < -0.4 is 21.9 Å². The lowest BCUT2D eigenvalue weighted by Crippen LogP contribution is -2.34. The highest BCUT2D eigenvalue weighted by atomic mass is 79.9. The van der Waals surface area contributed by atoms with Gasteiger partial charge < -0.3 is 10.6 Å². The van der Waals surface area contributed by atoms with E-state index in [0.717, 1.165) is 26.9 Å². The number of nitrogens with two attached hydrogens (primary N) is 1. The molecule has 3 aromatic carbocycles. The molecule has 6 nitrogen and oxygen atoms in total. The number of amides is 2. The summed E-state index contributed by atoms with van der Waals surface area (Å²) in [5, 5.41) is 5.97. The number of hydrogen-bond acceptors (Lipinski definition) is 4. The number of rotatable bonds is 2. The number of anilines is 2. The van der Waals surface area contributed by atoms with Crippen LogP contribution in [0.25, 0.3) is 0 Å². The molecule has 154 valence electrons. The van der Waals surface area contributed by atoms with Crippen molar-refractivity contribution in [1.29, 1.82) is 0 Å². The molecular formula is C23H23BrN4O2. The minimum absolute atomic E-state index is 0.0916. The molecule has 0 fully saturated rings. The van der Waals surface area contributed by atoms with Gasteiger partial charge in [0.15, 0.2) is 5.78 Å². The lowest BCUT2D eigenvalue weighted by molar-refractivity contribution is 0.0972. The smallest absolute Gasteiger partial charge is 0.333 e. The molecule has 4 rings (SSSR count). The van der Waals surface area contributed by atoms with Crippen LogP contribution in [0, 0.1) is 6.92 Å². The summed E-state index contributed by atoms with van der Waals surface area (Å²) in [7, 11) is 0. The number of nitrogens with one attached hydrogen (secondary N) is 3. The summed E-state index contributed by atoms with van der Waals surface area (Å²) in [6.07, 6.45) is 0.528. The molecule has 0 aromatic heterocycles. The number of hydrogen-bond donors (Lipinski definition) is 4. The first-order chi connectivity index (χ1) is 14.5. The first kappa shape index (κ1) is 21.5. The van der Waals surface area contributed by atoms with Gasteiger partial charge in [0.05, 0.1) is 6.04 Å². The molecule has 0 spiro atoms. The quantitative estimate of drug-likeness (QED) is 0.237. The van der Waals surface area contributed by atoms with E-state index < -0.39 is 6.03 Å². The molecule has 0 saturated heterocycles. The van der Waals surface area contributed by atoms with E-state index in [4.69, 9.17) is 5.84 Å². The van der Waals surface area contributed by atoms with Crippen molar-refractivity contribution in [2.45, 2.75) is 19.4 Å². The first-order valence-electron chi connectivity index (χ1n) is 9.45. The number of halogens is 1. The van der Waals surface area contributed by atoms with Crippen LogP contribution in [-0.4, -0.2) is 11.8 Å². The summed E-state index contributed by atoms with van der Waals surface area (Å²) in [5.41, 5.74) is 6.72. The third kappa shape index (κ3) is 5.68. The third-order valence-corrected chi connectivity index (χ3v) is 5.16. The van der Waals surface area contributed by atoms with Crippen molar-refractivity contribution in [2.75, 3.05) is 10.6 Å². The van der Waals surface area contributed by atoms with Crippen molar-refractivity contribution in [2.24, 2.45) is 5.84 Å². The summed E-state index contributed by atoms with van der Waals surface area (Å²) in [4.78, 5) is 22.9. The minimum atomic E-state index is -0.433. The van der Waals surface area contributed by atoms with Crippen molar-refractivity contribution >= 4 is 39.1 Å². The van der Waals surface area contributed by atoms with Gasteiger partial charge in [-0.1, -0.05) is 57.9 Å². The topological polar surface area (TPSA) is 96.2 Å². The van der Waals surface area contributed by atoms with Gasteiger partial charge in [-0.05, 0) is 48.9 Å². The van der Waals surface area contributed by atoms with Gasteiger partial charge in [-0.15, -0.1) is 0 Å². The molecule has 1 aliphatic rings. The van der Waals surface area contributed by atoms with Crippen LogP contribution in [0.15, 0.2) is 77.3 Å². The van der Waals surface area contributed by atoms with E-state index in [9.17, 15) is 9.59 Å². The van der Waals surface area contributed by atoms with E-state index in [1.165, 1.54) is 0 Å². The van der Waals surface area contributed by atoms with E-state index in [1.807, 2.05) is 60.9 Å². The van der Waals surface area contributed by atoms with Crippen molar-refractivity contribution in [3.63, 3.8) is 0 Å². The van der Waals surface area contributed by atoms with Crippen LogP contribution in [0.1, 0.15) is 33.9 Å². The fourth-order valence-electron chi connectivity index (χ4n) is 3.14. The Morgan fingerprint density at radius 1 is 1.07 bits per heavy atom.